The zero-order valence-electron chi connectivity index (χ0n) is 18.6. The number of aryl methyl sites for hydroxylation is 2. The molecule has 1 aromatic heterocycles. The minimum absolute atomic E-state index is 0. The maximum Gasteiger partial charge on any atom is 0.191 e. The molecule has 0 aliphatic carbocycles. The molecule has 7 nitrogen and oxygen atoms in total. The Bertz CT molecular complexity index is 782. The number of halogens is 1. The highest BCUT2D eigenvalue weighted by Gasteiger charge is 2.13. The number of hydrogen-bond acceptors (Lipinski definition) is 6. The van der Waals surface area contributed by atoms with Crippen LogP contribution in [0, 0.1) is 13.8 Å². The van der Waals surface area contributed by atoms with Crippen molar-refractivity contribution in [3.8, 4) is 17.2 Å². The van der Waals surface area contributed by atoms with E-state index >= 15 is 0 Å². The van der Waals surface area contributed by atoms with E-state index in [1.807, 2.05) is 19.1 Å². The summed E-state index contributed by atoms with van der Waals surface area (Å²) in [7, 11) is 4.93. The molecular weight excluding hydrogens is 515 g/mol. The Morgan fingerprint density at radius 2 is 1.70 bits per heavy atom. The van der Waals surface area contributed by atoms with Crippen LogP contribution in [-0.2, 0) is 12.8 Å². The van der Waals surface area contributed by atoms with Crippen LogP contribution >= 0.6 is 35.3 Å². The van der Waals surface area contributed by atoms with Gasteiger partial charge < -0.3 is 24.8 Å². The summed E-state index contributed by atoms with van der Waals surface area (Å²) in [5.41, 5.74) is 2.11. The van der Waals surface area contributed by atoms with Crippen molar-refractivity contribution >= 4 is 41.3 Å². The topological polar surface area (TPSA) is 77.0 Å². The number of benzene rings is 1. The molecule has 0 spiro atoms. The standard InChI is InChI=1S/C21H32N4O3S.HI/c1-7-22-21(24-11-9-20-25-14(2)15(3)29-20)23-10-8-17-18(27-5)12-16(26-4)13-19(17)28-6;/h12-13H,7-11H2,1-6H3,(H2,22,23,24);1H. The first-order valence-electron chi connectivity index (χ1n) is 9.76. The Hall–Kier alpha value is -1.75. The fourth-order valence-electron chi connectivity index (χ4n) is 2.88. The van der Waals surface area contributed by atoms with Crippen molar-refractivity contribution in [3.05, 3.63) is 33.3 Å². The predicted octanol–water partition coefficient (Wildman–Crippen LogP) is 3.74. The van der Waals surface area contributed by atoms with E-state index in [2.05, 4.69) is 34.5 Å². The molecule has 0 radical (unpaired) electrons. The molecule has 1 aromatic carbocycles. The first-order valence-corrected chi connectivity index (χ1v) is 10.6. The van der Waals surface area contributed by atoms with Gasteiger partial charge in [0.1, 0.15) is 17.2 Å². The average molecular weight is 548 g/mol. The fraction of sp³-hybridized carbons (Fsp3) is 0.524. The first kappa shape index (κ1) is 26.3. The van der Waals surface area contributed by atoms with Crippen molar-refractivity contribution < 1.29 is 14.2 Å². The molecule has 0 unspecified atom stereocenters. The Kier molecular flexibility index (Phi) is 11.9. The van der Waals surface area contributed by atoms with Crippen LogP contribution in [0.3, 0.4) is 0 Å². The third-order valence-corrected chi connectivity index (χ3v) is 5.63. The lowest BCUT2D eigenvalue weighted by atomic mass is 10.1. The summed E-state index contributed by atoms with van der Waals surface area (Å²) in [6, 6.07) is 3.74. The molecule has 0 bridgehead atoms. The van der Waals surface area contributed by atoms with Crippen molar-refractivity contribution in [2.45, 2.75) is 33.6 Å². The largest absolute Gasteiger partial charge is 0.496 e. The van der Waals surface area contributed by atoms with E-state index in [0.717, 1.165) is 53.1 Å². The van der Waals surface area contributed by atoms with Gasteiger partial charge in [0.15, 0.2) is 5.96 Å². The molecule has 168 valence electrons. The lowest BCUT2D eigenvalue weighted by Gasteiger charge is -2.16. The van der Waals surface area contributed by atoms with Crippen LogP contribution in [0.5, 0.6) is 17.2 Å². The molecule has 0 atom stereocenters. The predicted molar refractivity (Wildman–Crippen MR) is 134 cm³/mol. The van der Waals surface area contributed by atoms with Crippen molar-refractivity contribution in [1.82, 2.24) is 15.6 Å². The quantitative estimate of drug-likeness (QED) is 0.268. The van der Waals surface area contributed by atoms with Gasteiger partial charge in [0, 0.05) is 48.6 Å². The fourth-order valence-corrected chi connectivity index (χ4v) is 3.80. The third kappa shape index (κ3) is 7.50. The van der Waals surface area contributed by atoms with Crippen LogP contribution < -0.4 is 24.8 Å². The van der Waals surface area contributed by atoms with Gasteiger partial charge in [0.05, 0.1) is 32.0 Å². The highest BCUT2D eigenvalue weighted by molar-refractivity contribution is 14.0. The first-order chi connectivity index (χ1) is 14.0. The molecule has 0 saturated carbocycles. The summed E-state index contributed by atoms with van der Waals surface area (Å²) in [6.45, 7) is 8.40. The van der Waals surface area contributed by atoms with Crippen molar-refractivity contribution in [3.63, 3.8) is 0 Å². The summed E-state index contributed by atoms with van der Waals surface area (Å²) < 4.78 is 16.4. The highest BCUT2D eigenvalue weighted by atomic mass is 127. The SMILES string of the molecule is CCNC(=NCCc1nc(C)c(C)s1)NCCc1c(OC)cc(OC)cc1OC.I. The summed E-state index contributed by atoms with van der Waals surface area (Å²) in [4.78, 5) is 10.5. The zero-order valence-corrected chi connectivity index (χ0v) is 21.8. The number of rotatable bonds is 10. The van der Waals surface area contributed by atoms with Crippen molar-refractivity contribution in [2.75, 3.05) is 41.0 Å². The van der Waals surface area contributed by atoms with Crippen LogP contribution in [0.25, 0.3) is 0 Å². The number of hydrogen-bond donors (Lipinski definition) is 2. The maximum absolute atomic E-state index is 5.52. The Morgan fingerprint density at radius 3 is 2.20 bits per heavy atom. The molecular formula is C21H33IN4O3S. The molecule has 2 rings (SSSR count). The van der Waals surface area contributed by atoms with Crippen LogP contribution in [0.15, 0.2) is 17.1 Å². The van der Waals surface area contributed by atoms with Crippen LogP contribution in [0.1, 0.15) is 28.1 Å². The highest BCUT2D eigenvalue weighted by Crippen LogP contribution is 2.34. The second kappa shape index (κ2) is 13.5. The van der Waals surface area contributed by atoms with E-state index in [-0.39, 0.29) is 24.0 Å². The van der Waals surface area contributed by atoms with E-state index < -0.39 is 0 Å². The second-order valence-corrected chi connectivity index (χ2v) is 7.73. The van der Waals surface area contributed by atoms with Crippen molar-refractivity contribution in [2.24, 2.45) is 4.99 Å². The van der Waals surface area contributed by atoms with Crippen LogP contribution in [0.4, 0.5) is 0 Å². The van der Waals surface area contributed by atoms with E-state index in [9.17, 15) is 0 Å². The summed E-state index contributed by atoms with van der Waals surface area (Å²) in [5.74, 6) is 3.00. The van der Waals surface area contributed by atoms with E-state index in [4.69, 9.17) is 14.2 Å². The smallest absolute Gasteiger partial charge is 0.191 e. The van der Waals surface area contributed by atoms with Crippen LogP contribution in [0.2, 0.25) is 0 Å². The van der Waals surface area contributed by atoms with Gasteiger partial charge in [-0.05, 0) is 27.2 Å². The van der Waals surface area contributed by atoms with Crippen molar-refractivity contribution in [1.29, 1.82) is 0 Å². The molecule has 2 N–H and O–H groups in total. The molecule has 0 saturated heterocycles. The number of nitrogens with one attached hydrogen (secondary N) is 2. The number of ether oxygens (including phenoxy) is 3. The Balaban J connectivity index is 0.00000450. The average Bonchev–Trinajstić information content (AvgIpc) is 3.04. The van der Waals surface area contributed by atoms with E-state index in [1.54, 1.807) is 32.7 Å². The van der Waals surface area contributed by atoms with Crippen LogP contribution in [-0.4, -0.2) is 51.9 Å². The van der Waals surface area contributed by atoms with E-state index in [0.29, 0.717) is 18.8 Å². The number of guanidine groups is 1. The lowest BCUT2D eigenvalue weighted by molar-refractivity contribution is 0.368. The summed E-state index contributed by atoms with van der Waals surface area (Å²) in [5, 5.41) is 7.80. The molecule has 0 aliphatic rings. The zero-order chi connectivity index (χ0) is 21.2. The molecule has 0 aliphatic heterocycles. The molecule has 1 heterocycles. The van der Waals surface area contributed by atoms with Gasteiger partial charge in [0.25, 0.3) is 0 Å². The molecule has 0 fully saturated rings. The monoisotopic (exact) mass is 548 g/mol. The summed E-state index contributed by atoms with van der Waals surface area (Å²) >= 11 is 1.75. The van der Waals surface area contributed by atoms with Gasteiger partial charge in [-0.3, -0.25) is 4.99 Å². The molecule has 2 aromatic rings. The van der Waals surface area contributed by atoms with E-state index in [1.165, 1.54) is 4.88 Å². The lowest BCUT2D eigenvalue weighted by Crippen LogP contribution is -2.38. The minimum atomic E-state index is 0. The van der Waals surface area contributed by atoms with Gasteiger partial charge in [-0.15, -0.1) is 35.3 Å². The molecule has 0 amide bonds. The Morgan fingerprint density at radius 1 is 1.03 bits per heavy atom. The maximum atomic E-state index is 5.52. The normalized spacial score (nSPS) is 10.9. The summed E-state index contributed by atoms with van der Waals surface area (Å²) in [6.07, 6.45) is 1.57. The number of thiazole rings is 1. The second-order valence-electron chi connectivity index (χ2n) is 6.45. The van der Waals surface area contributed by atoms with Gasteiger partial charge in [-0.1, -0.05) is 0 Å². The number of aliphatic imine (C=N–C) groups is 1. The number of aromatic nitrogens is 1. The van der Waals surface area contributed by atoms with Gasteiger partial charge >= 0.3 is 0 Å². The number of methoxy groups -OCH3 is 3. The molecule has 30 heavy (non-hydrogen) atoms. The number of nitrogens with zero attached hydrogens (tertiary/aromatic N) is 2. The molecule has 9 heteroatoms. The van der Waals surface area contributed by atoms with Gasteiger partial charge in [-0.25, -0.2) is 4.98 Å². The van der Waals surface area contributed by atoms with Gasteiger partial charge in [0.2, 0.25) is 0 Å². The third-order valence-electron chi connectivity index (χ3n) is 4.50. The van der Waals surface area contributed by atoms with Gasteiger partial charge in [-0.2, -0.15) is 0 Å². The minimum Gasteiger partial charge on any atom is -0.496 e. The Labute approximate surface area is 200 Å².